The highest BCUT2D eigenvalue weighted by Gasteiger charge is 2.33. The Labute approximate surface area is 160 Å². The molecule has 4 rings (SSSR count). The van der Waals surface area contributed by atoms with E-state index in [0.29, 0.717) is 30.8 Å². The van der Waals surface area contributed by atoms with E-state index in [0.717, 1.165) is 30.1 Å². The second-order valence-corrected chi connectivity index (χ2v) is 7.40. The van der Waals surface area contributed by atoms with Gasteiger partial charge in [-0.15, -0.1) is 0 Å². The Morgan fingerprint density at radius 1 is 1.39 bits per heavy atom. The second kappa shape index (κ2) is 6.63. The van der Waals surface area contributed by atoms with E-state index in [2.05, 4.69) is 0 Å². The molecule has 2 fully saturated rings. The van der Waals surface area contributed by atoms with Gasteiger partial charge >= 0.3 is 5.97 Å². The average molecular weight is 387 g/mol. The molecule has 0 bridgehead atoms. The number of hydrogen-bond donors (Lipinski definition) is 2. The van der Waals surface area contributed by atoms with Crippen LogP contribution in [0.3, 0.4) is 0 Å². The lowest BCUT2D eigenvalue weighted by atomic mass is 9.99. The third-order valence-electron chi connectivity index (χ3n) is 5.56. The molecule has 0 unspecified atom stereocenters. The number of pyridine rings is 1. The van der Waals surface area contributed by atoms with E-state index in [1.807, 2.05) is 11.8 Å². The average Bonchev–Trinajstić information content (AvgIpc) is 3.46. The monoisotopic (exact) mass is 387 g/mol. The predicted molar refractivity (Wildman–Crippen MR) is 104 cm³/mol. The zero-order valence-corrected chi connectivity index (χ0v) is 15.8. The normalized spacial score (nSPS) is 16.3. The highest BCUT2D eigenvalue weighted by Crippen LogP contribution is 2.45. The van der Waals surface area contributed by atoms with E-state index in [1.165, 1.54) is 13.3 Å². The number of methoxy groups -OCH3 is 1. The molecule has 0 atom stereocenters. The number of rotatable bonds is 5. The van der Waals surface area contributed by atoms with Gasteiger partial charge in [-0.2, -0.15) is 0 Å². The summed E-state index contributed by atoms with van der Waals surface area (Å²) in [6.45, 7) is 3.50. The summed E-state index contributed by atoms with van der Waals surface area (Å²) in [5, 5.41) is 9.41. The molecule has 1 aromatic heterocycles. The van der Waals surface area contributed by atoms with E-state index in [1.54, 1.807) is 4.57 Å². The molecular weight excluding hydrogens is 365 g/mol. The first kappa shape index (κ1) is 18.5. The number of aromatic carboxylic acids is 1. The lowest BCUT2D eigenvalue weighted by Gasteiger charge is -2.38. The zero-order chi connectivity index (χ0) is 20.2. The fourth-order valence-corrected chi connectivity index (χ4v) is 3.71. The molecule has 8 heteroatoms. The van der Waals surface area contributed by atoms with E-state index >= 15 is 4.39 Å². The summed E-state index contributed by atoms with van der Waals surface area (Å²) in [7, 11) is 1.44. The van der Waals surface area contributed by atoms with Crippen molar-refractivity contribution in [1.82, 2.24) is 4.57 Å². The lowest BCUT2D eigenvalue weighted by molar-refractivity contribution is 0.0695. The number of benzene rings is 1. The van der Waals surface area contributed by atoms with Gasteiger partial charge in [-0.3, -0.25) is 4.79 Å². The molecule has 1 saturated carbocycles. The van der Waals surface area contributed by atoms with Crippen molar-refractivity contribution in [2.24, 2.45) is 5.73 Å². The highest BCUT2D eigenvalue weighted by molar-refractivity contribution is 5.97. The van der Waals surface area contributed by atoms with Crippen LogP contribution in [-0.4, -0.2) is 42.4 Å². The van der Waals surface area contributed by atoms with Crippen LogP contribution in [0.1, 0.15) is 36.2 Å². The van der Waals surface area contributed by atoms with Crippen LogP contribution in [0, 0.1) is 5.82 Å². The van der Waals surface area contributed by atoms with Gasteiger partial charge in [0.25, 0.3) is 0 Å². The largest absolute Gasteiger partial charge is 0.492 e. The van der Waals surface area contributed by atoms with Gasteiger partial charge in [-0.1, -0.05) is 5.57 Å². The van der Waals surface area contributed by atoms with Crippen LogP contribution >= 0.6 is 0 Å². The predicted octanol–water partition coefficient (Wildman–Crippen LogP) is 2.28. The van der Waals surface area contributed by atoms with Crippen molar-refractivity contribution in [2.45, 2.75) is 25.8 Å². The van der Waals surface area contributed by atoms with E-state index in [9.17, 15) is 14.7 Å². The van der Waals surface area contributed by atoms with Crippen LogP contribution in [0.15, 0.2) is 28.2 Å². The summed E-state index contributed by atoms with van der Waals surface area (Å²) in [4.78, 5) is 26.0. The van der Waals surface area contributed by atoms with Crippen LogP contribution in [0.4, 0.5) is 10.1 Å². The van der Waals surface area contributed by atoms with Gasteiger partial charge in [0.15, 0.2) is 11.6 Å². The summed E-state index contributed by atoms with van der Waals surface area (Å²) in [6, 6.07) is 1.22. The van der Waals surface area contributed by atoms with Crippen LogP contribution in [0.25, 0.3) is 10.9 Å². The molecule has 7 nitrogen and oxygen atoms in total. The Morgan fingerprint density at radius 3 is 2.61 bits per heavy atom. The molecule has 28 heavy (non-hydrogen) atoms. The maximum Gasteiger partial charge on any atom is 0.341 e. The first-order valence-electron chi connectivity index (χ1n) is 9.18. The molecule has 1 aliphatic carbocycles. The van der Waals surface area contributed by atoms with Gasteiger partial charge in [-0.05, 0) is 31.4 Å². The molecule has 0 radical (unpaired) electrons. The second-order valence-electron chi connectivity index (χ2n) is 7.40. The lowest BCUT2D eigenvalue weighted by Crippen LogP contribution is -2.42. The van der Waals surface area contributed by atoms with Crippen LogP contribution in [0.2, 0.25) is 0 Å². The van der Waals surface area contributed by atoms with Crippen molar-refractivity contribution in [3.8, 4) is 5.75 Å². The quantitative estimate of drug-likeness (QED) is 0.764. The summed E-state index contributed by atoms with van der Waals surface area (Å²) in [5.74, 6) is -1.66. The minimum atomic E-state index is -1.32. The van der Waals surface area contributed by atoms with Gasteiger partial charge in [0.2, 0.25) is 5.43 Å². The Morgan fingerprint density at radius 2 is 2.07 bits per heavy atom. The number of carboxylic acid groups (broad SMARTS) is 1. The minimum absolute atomic E-state index is 0.0272. The SMILES string of the molecule is COc1c(N2CC(=C(C)CN)C2)c(F)cc2c(=O)c(C(=O)O)cn(C3CC3)c12. The maximum absolute atomic E-state index is 15.1. The first-order valence-corrected chi connectivity index (χ1v) is 9.18. The van der Waals surface area contributed by atoms with E-state index < -0.39 is 17.2 Å². The summed E-state index contributed by atoms with van der Waals surface area (Å²) in [6.07, 6.45) is 3.10. The number of nitrogens with zero attached hydrogens (tertiary/aromatic N) is 2. The zero-order valence-electron chi connectivity index (χ0n) is 15.8. The van der Waals surface area contributed by atoms with Crippen LogP contribution < -0.4 is 20.8 Å². The Bertz CT molecular complexity index is 1080. The molecule has 0 amide bonds. The molecule has 148 valence electrons. The number of halogens is 1. The summed E-state index contributed by atoms with van der Waals surface area (Å²) < 4.78 is 22.4. The van der Waals surface area contributed by atoms with Gasteiger partial charge in [0, 0.05) is 31.9 Å². The number of anilines is 1. The molecule has 2 aliphatic rings. The Hall–Kier alpha value is -2.87. The Balaban J connectivity index is 1.95. The number of hydrogen-bond acceptors (Lipinski definition) is 5. The summed E-state index contributed by atoms with van der Waals surface area (Å²) >= 11 is 0. The fourth-order valence-electron chi connectivity index (χ4n) is 3.71. The van der Waals surface area contributed by atoms with Crippen molar-refractivity contribution in [3.63, 3.8) is 0 Å². The Kier molecular flexibility index (Phi) is 4.38. The van der Waals surface area contributed by atoms with Crippen molar-refractivity contribution in [1.29, 1.82) is 0 Å². The molecule has 1 aromatic carbocycles. The maximum atomic E-state index is 15.1. The number of ether oxygens (including phenoxy) is 1. The molecule has 3 N–H and O–H groups in total. The smallest absolute Gasteiger partial charge is 0.341 e. The van der Waals surface area contributed by atoms with Crippen LogP contribution in [-0.2, 0) is 0 Å². The molecule has 0 spiro atoms. The van der Waals surface area contributed by atoms with Gasteiger partial charge in [-0.25, -0.2) is 9.18 Å². The summed E-state index contributed by atoms with van der Waals surface area (Å²) in [5.41, 5.74) is 7.60. The molecule has 1 saturated heterocycles. The standard InChI is InChI=1S/C20H22FN3O4/c1-10(6-22)11-7-23(8-11)17-15(21)5-13-16(19(17)28-2)24(12-3-4-12)9-14(18(13)25)20(26)27/h5,9,12H,3-4,6-8,22H2,1-2H3,(H,26,27). The highest BCUT2D eigenvalue weighted by atomic mass is 19.1. The fraction of sp³-hybridized carbons (Fsp3) is 0.400. The van der Waals surface area contributed by atoms with Crippen molar-refractivity contribution >= 4 is 22.6 Å². The van der Waals surface area contributed by atoms with Gasteiger partial charge < -0.3 is 25.0 Å². The van der Waals surface area contributed by atoms with Gasteiger partial charge in [0.05, 0.1) is 18.0 Å². The molecule has 2 heterocycles. The minimum Gasteiger partial charge on any atom is -0.492 e. The first-order chi connectivity index (χ1) is 13.4. The number of carbonyl (C=O) groups is 1. The third-order valence-corrected chi connectivity index (χ3v) is 5.56. The number of nitrogens with two attached hydrogens (primary N) is 1. The van der Waals surface area contributed by atoms with Crippen molar-refractivity contribution in [3.05, 3.63) is 45.0 Å². The van der Waals surface area contributed by atoms with Crippen LogP contribution in [0.5, 0.6) is 5.75 Å². The third kappa shape index (κ3) is 2.75. The number of carboxylic acids is 1. The van der Waals surface area contributed by atoms with Crippen molar-refractivity contribution < 1.29 is 19.0 Å². The number of fused-ring (bicyclic) bond motifs is 1. The van der Waals surface area contributed by atoms with E-state index in [-0.39, 0.29) is 22.7 Å². The molecule has 2 aromatic rings. The number of aromatic nitrogens is 1. The molecule has 1 aliphatic heterocycles. The molecular formula is C20H22FN3O4. The van der Waals surface area contributed by atoms with E-state index in [4.69, 9.17) is 10.5 Å². The topological polar surface area (TPSA) is 97.8 Å². The van der Waals surface area contributed by atoms with Crippen molar-refractivity contribution in [2.75, 3.05) is 31.6 Å². The van der Waals surface area contributed by atoms with Gasteiger partial charge in [0.1, 0.15) is 11.3 Å².